The third-order valence-corrected chi connectivity index (χ3v) is 7.03. The van der Waals surface area contributed by atoms with Gasteiger partial charge in [-0.25, -0.2) is 0 Å². The first-order valence-corrected chi connectivity index (χ1v) is 11.6. The molecule has 6 heteroatoms. The number of aryl methyl sites for hydroxylation is 1. The summed E-state index contributed by atoms with van der Waals surface area (Å²) in [6.07, 6.45) is 7.39. The maximum atomic E-state index is 13.9. The molecule has 2 fully saturated rings. The van der Waals surface area contributed by atoms with Gasteiger partial charge >= 0.3 is 0 Å². The minimum absolute atomic E-state index is 0.0216. The van der Waals surface area contributed by atoms with E-state index in [1.807, 2.05) is 36.1 Å². The number of hydrogen-bond acceptors (Lipinski definition) is 4. The van der Waals surface area contributed by atoms with E-state index in [0.29, 0.717) is 0 Å². The van der Waals surface area contributed by atoms with Gasteiger partial charge in [-0.15, -0.1) is 0 Å². The number of benzene rings is 1. The molecule has 0 N–H and O–H groups in total. The maximum absolute atomic E-state index is 13.9. The molecule has 0 aliphatic carbocycles. The third kappa shape index (κ3) is 4.06. The molecule has 2 aliphatic rings. The Hall–Kier alpha value is -3.02. The average Bonchev–Trinajstić information content (AvgIpc) is 3.04. The highest BCUT2D eigenvalue weighted by atomic mass is 16.2. The summed E-state index contributed by atoms with van der Waals surface area (Å²) in [4.78, 5) is 47.9. The van der Waals surface area contributed by atoms with Crippen molar-refractivity contribution in [2.45, 2.75) is 70.4 Å². The van der Waals surface area contributed by atoms with E-state index in [4.69, 9.17) is 0 Å². The number of nitrogens with zero attached hydrogens (tertiary/aromatic N) is 3. The molecule has 0 saturated carbocycles. The van der Waals surface area contributed by atoms with Crippen LogP contribution < -0.4 is 0 Å². The van der Waals surface area contributed by atoms with Crippen LogP contribution in [0, 0.1) is 6.92 Å². The van der Waals surface area contributed by atoms with Gasteiger partial charge in [0.25, 0.3) is 0 Å². The molecule has 2 aromatic rings. The van der Waals surface area contributed by atoms with Gasteiger partial charge in [-0.05, 0) is 61.4 Å². The van der Waals surface area contributed by atoms with E-state index in [1.165, 1.54) is 4.90 Å². The van der Waals surface area contributed by atoms with Crippen molar-refractivity contribution in [2.24, 2.45) is 0 Å². The lowest BCUT2D eigenvalue weighted by atomic mass is 9.73. The van der Waals surface area contributed by atoms with E-state index in [1.54, 1.807) is 24.5 Å². The zero-order valence-corrected chi connectivity index (χ0v) is 18.9. The normalized spacial score (nSPS) is 23.6. The largest absolute Gasteiger partial charge is 0.340 e. The zero-order chi connectivity index (χ0) is 22.7. The molecule has 0 unspecified atom stereocenters. The number of carbonyl (C=O) groups is 3. The van der Waals surface area contributed by atoms with Crippen molar-refractivity contribution in [3.8, 4) is 0 Å². The van der Waals surface area contributed by atoms with Crippen molar-refractivity contribution in [3.63, 3.8) is 0 Å². The molecule has 6 nitrogen and oxygen atoms in total. The van der Waals surface area contributed by atoms with Crippen molar-refractivity contribution in [1.29, 1.82) is 0 Å². The number of hydrogen-bond donors (Lipinski definition) is 0. The molecule has 2 aliphatic heterocycles. The maximum Gasteiger partial charge on any atom is 0.241 e. The highest BCUT2D eigenvalue weighted by molar-refractivity contribution is 6.10. The molecule has 2 saturated heterocycles. The van der Waals surface area contributed by atoms with Gasteiger partial charge in [-0.3, -0.25) is 24.3 Å². The van der Waals surface area contributed by atoms with Crippen LogP contribution in [0.1, 0.15) is 62.1 Å². The molecule has 0 spiro atoms. The fourth-order valence-electron chi connectivity index (χ4n) is 5.30. The minimum atomic E-state index is -1.15. The van der Waals surface area contributed by atoms with Crippen molar-refractivity contribution in [2.75, 3.05) is 6.54 Å². The van der Waals surface area contributed by atoms with Crippen LogP contribution in [0.2, 0.25) is 0 Å². The summed E-state index contributed by atoms with van der Waals surface area (Å²) >= 11 is 0. The minimum Gasteiger partial charge on any atom is -0.340 e. The molecule has 0 radical (unpaired) electrons. The number of carbonyl (C=O) groups excluding carboxylic acids is 3. The quantitative estimate of drug-likeness (QED) is 0.650. The Bertz CT molecular complexity index is 1010. The monoisotopic (exact) mass is 433 g/mol. The Labute approximate surface area is 189 Å². The van der Waals surface area contributed by atoms with Gasteiger partial charge in [0, 0.05) is 37.8 Å². The topological polar surface area (TPSA) is 70.6 Å². The van der Waals surface area contributed by atoms with Crippen LogP contribution in [0.3, 0.4) is 0 Å². The van der Waals surface area contributed by atoms with Crippen molar-refractivity contribution < 1.29 is 14.4 Å². The van der Waals surface area contributed by atoms with Gasteiger partial charge in [0.15, 0.2) is 0 Å². The first-order chi connectivity index (χ1) is 15.5. The van der Waals surface area contributed by atoms with Gasteiger partial charge < -0.3 is 4.90 Å². The third-order valence-electron chi connectivity index (χ3n) is 7.03. The standard InChI is InChI=1S/C26H31N3O3/c1-3-21-9-6-7-15-28(21)23(30)16-26(22-10-5-4-8-19(22)2)17-24(31)29(25(26)32)18-20-11-13-27-14-12-20/h4-5,8,10-14,21H,3,6-7,9,15-18H2,1-2H3/t21-,26-/m0/s1. The van der Waals surface area contributed by atoms with E-state index < -0.39 is 5.41 Å². The van der Waals surface area contributed by atoms with Gasteiger partial charge in [-0.1, -0.05) is 31.2 Å². The van der Waals surface area contributed by atoms with Crippen molar-refractivity contribution in [1.82, 2.24) is 14.8 Å². The first kappa shape index (κ1) is 22.2. The second-order valence-corrected chi connectivity index (χ2v) is 9.04. The Balaban J connectivity index is 1.69. The number of piperidine rings is 1. The molecule has 1 aromatic heterocycles. The summed E-state index contributed by atoms with van der Waals surface area (Å²) in [6, 6.07) is 11.5. The molecule has 4 rings (SSSR count). The van der Waals surface area contributed by atoms with Crippen LogP contribution in [0.15, 0.2) is 48.8 Å². The summed E-state index contributed by atoms with van der Waals surface area (Å²) in [6.45, 7) is 4.97. The number of pyridine rings is 1. The lowest BCUT2D eigenvalue weighted by Gasteiger charge is -2.38. The van der Waals surface area contributed by atoms with E-state index in [0.717, 1.165) is 48.9 Å². The van der Waals surface area contributed by atoms with Crippen molar-refractivity contribution >= 4 is 17.7 Å². The summed E-state index contributed by atoms with van der Waals surface area (Å²) in [5, 5.41) is 0. The smallest absolute Gasteiger partial charge is 0.241 e. The van der Waals surface area contributed by atoms with E-state index in [9.17, 15) is 14.4 Å². The Morgan fingerprint density at radius 2 is 1.88 bits per heavy atom. The van der Waals surface area contributed by atoms with Crippen molar-refractivity contribution in [3.05, 3.63) is 65.5 Å². The number of imide groups is 1. The number of likely N-dealkylation sites (tertiary alicyclic amines) is 2. The molecule has 3 amide bonds. The number of rotatable bonds is 6. The molecule has 168 valence electrons. The van der Waals surface area contributed by atoms with Crippen LogP contribution in [0.4, 0.5) is 0 Å². The Morgan fingerprint density at radius 3 is 2.59 bits per heavy atom. The van der Waals surface area contributed by atoms with Crippen LogP contribution in [-0.4, -0.2) is 45.1 Å². The first-order valence-electron chi connectivity index (χ1n) is 11.6. The Kier molecular flexibility index (Phi) is 6.40. The van der Waals surface area contributed by atoms with Gasteiger partial charge in [0.1, 0.15) is 0 Å². The summed E-state index contributed by atoms with van der Waals surface area (Å²) in [5.74, 6) is -0.521. The summed E-state index contributed by atoms with van der Waals surface area (Å²) in [7, 11) is 0. The van der Waals surface area contributed by atoms with Gasteiger partial charge in [0.2, 0.25) is 17.7 Å². The van der Waals surface area contributed by atoms with Crippen LogP contribution >= 0.6 is 0 Å². The molecular weight excluding hydrogens is 402 g/mol. The van der Waals surface area contributed by atoms with E-state index >= 15 is 0 Å². The second kappa shape index (κ2) is 9.23. The van der Waals surface area contributed by atoms with Crippen LogP contribution in [-0.2, 0) is 26.3 Å². The predicted octanol–water partition coefficient (Wildman–Crippen LogP) is 3.77. The van der Waals surface area contributed by atoms with E-state index in [-0.39, 0.29) is 43.1 Å². The summed E-state index contributed by atoms with van der Waals surface area (Å²) < 4.78 is 0. The number of amides is 3. The SMILES string of the molecule is CC[C@H]1CCCCN1C(=O)C[C@@]1(c2ccccc2C)CC(=O)N(Cc2ccncc2)C1=O. The second-order valence-electron chi connectivity index (χ2n) is 9.04. The highest BCUT2D eigenvalue weighted by Crippen LogP contribution is 2.42. The van der Waals surface area contributed by atoms with Gasteiger partial charge in [-0.2, -0.15) is 0 Å². The van der Waals surface area contributed by atoms with Crippen LogP contribution in [0.25, 0.3) is 0 Å². The molecule has 32 heavy (non-hydrogen) atoms. The zero-order valence-electron chi connectivity index (χ0n) is 18.9. The van der Waals surface area contributed by atoms with E-state index in [2.05, 4.69) is 11.9 Å². The highest BCUT2D eigenvalue weighted by Gasteiger charge is 2.54. The lowest BCUT2D eigenvalue weighted by molar-refractivity contribution is -0.144. The molecule has 3 heterocycles. The fraction of sp³-hybridized carbons (Fsp3) is 0.462. The predicted molar refractivity (Wildman–Crippen MR) is 122 cm³/mol. The lowest BCUT2D eigenvalue weighted by Crippen LogP contribution is -2.48. The molecular formula is C26H31N3O3. The van der Waals surface area contributed by atoms with Crippen LogP contribution in [0.5, 0.6) is 0 Å². The molecule has 2 atom stereocenters. The van der Waals surface area contributed by atoms with Gasteiger partial charge in [0.05, 0.1) is 12.0 Å². The average molecular weight is 434 g/mol. The Morgan fingerprint density at radius 1 is 1.12 bits per heavy atom. The molecule has 0 bridgehead atoms. The molecule has 1 aromatic carbocycles. The fourth-order valence-corrected chi connectivity index (χ4v) is 5.30. The number of aromatic nitrogens is 1. The summed E-state index contributed by atoms with van der Waals surface area (Å²) in [5.41, 5.74) is 1.41.